The average Bonchev–Trinajstić information content (AvgIpc) is 3.26. The van der Waals surface area contributed by atoms with E-state index in [1.54, 1.807) is 17.3 Å². The molecule has 0 spiro atoms. The second kappa shape index (κ2) is 8.60. The number of rotatable bonds is 6. The van der Waals surface area contributed by atoms with Crippen molar-refractivity contribution in [2.24, 2.45) is 0 Å². The van der Waals surface area contributed by atoms with E-state index in [0.717, 1.165) is 22.4 Å². The van der Waals surface area contributed by atoms with Gasteiger partial charge in [0.05, 0.1) is 18.7 Å². The number of aryl methyl sites for hydroxylation is 3. The maximum Gasteiger partial charge on any atom is 0.323 e. The molecule has 29 heavy (non-hydrogen) atoms. The van der Waals surface area contributed by atoms with Gasteiger partial charge in [-0.3, -0.25) is 14.5 Å². The maximum absolute atomic E-state index is 12.5. The van der Waals surface area contributed by atoms with Crippen molar-refractivity contribution in [3.63, 3.8) is 0 Å². The number of urea groups is 1. The van der Waals surface area contributed by atoms with Gasteiger partial charge >= 0.3 is 6.03 Å². The van der Waals surface area contributed by atoms with Gasteiger partial charge in [-0.15, -0.1) is 11.3 Å². The Morgan fingerprint density at radius 1 is 1.28 bits per heavy atom. The number of nitrogens with one attached hydrogen (secondary N) is 2. The summed E-state index contributed by atoms with van der Waals surface area (Å²) in [5.41, 5.74) is 4.50. The van der Waals surface area contributed by atoms with E-state index in [-0.39, 0.29) is 30.8 Å². The number of hydrogen-bond donors (Lipinski definition) is 2. The van der Waals surface area contributed by atoms with Crippen molar-refractivity contribution in [2.45, 2.75) is 27.2 Å². The fourth-order valence-corrected chi connectivity index (χ4v) is 4.15. The zero-order valence-corrected chi connectivity index (χ0v) is 17.9. The van der Waals surface area contributed by atoms with E-state index < -0.39 is 0 Å². The Hall–Kier alpha value is -2.94. The van der Waals surface area contributed by atoms with Gasteiger partial charge in [-0.1, -0.05) is 17.7 Å². The normalized spacial score (nSPS) is 13.4. The van der Waals surface area contributed by atoms with Gasteiger partial charge in [-0.2, -0.15) is 0 Å². The molecule has 0 bridgehead atoms. The van der Waals surface area contributed by atoms with Crippen LogP contribution in [0.3, 0.4) is 0 Å². The second-order valence-electron chi connectivity index (χ2n) is 7.25. The van der Waals surface area contributed by atoms with Crippen LogP contribution in [0.2, 0.25) is 0 Å². The Bertz CT molecular complexity index is 932. The van der Waals surface area contributed by atoms with E-state index in [9.17, 15) is 14.4 Å². The van der Waals surface area contributed by atoms with Crippen molar-refractivity contribution in [3.8, 4) is 0 Å². The molecular weight excluding hydrogens is 390 g/mol. The van der Waals surface area contributed by atoms with Gasteiger partial charge in [0.1, 0.15) is 0 Å². The summed E-state index contributed by atoms with van der Waals surface area (Å²) in [5, 5.41) is 7.97. The zero-order valence-electron chi connectivity index (χ0n) is 17.0. The number of aromatic nitrogens is 1. The first-order valence-electron chi connectivity index (χ1n) is 9.36. The molecule has 1 aliphatic rings. The molecule has 1 aliphatic heterocycles. The van der Waals surface area contributed by atoms with Gasteiger partial charge in [0.2, 0.25) is 11.8 Å². The number of carbonyl (C=O) groups is 3. The van der Waals surface area contributed by atoms with Crippen molar-refractivity contribution < 1.29 is 14.4 Å². The SMILES string of the molecule is Cc1cc(C)c(NC(=O)CN(C)C(=O)Cc2csc(N3CCNC3=O)n2)c(C)c1. The van der Waals surface area contributed by atoms with Crippen LogP contribution in [0.1, 0.15) is 22.4 Å². The standard InChI is InChI=1S/C20H25N5O3S/c1-12-7-13(2)18(14(3)8-12)23-16(26)10-24(4)17(27)9-15-11-29-20(22-15)25-6-5-21-19(25)28/h7-8,11H,5-6,9-10H2,1-4H3,(H,21,28)(H,23,26). The summed E-state index contributed by atoms with van der Waals surface area (Å²) in [6, 6.07) is 3.85. The molecule has 1 fully saturated rings. The Balaban J connectivity index is 1.56. The van der Waals surface area contributed by atoms with Gasteiger partial charge < -0.3 is 15.5 Å². The first kappa shape index (κ1) is 20.8. The number of carbonyl (C=O) groups excluding carboxylic acids is 3. The largest absolute Gasteiger partial charge is 0.336 e. The van der Waals surface area contributed by atoms with E-state index in [4.69, 9.17) is 0 Å². The summed E-state index contributed by atoms with van der Waals surface area (Å²) in [5.74, 6) is -0.455. The molecule has 4 amide bonds. The first-order chi connectivity index (χ1) is 13.7. The number of hydrogen-bond acceptors (Lipinski definition) is 5. The molecule has 0 saturated carbocycles. The lowest BCUT2D eigenvalue weighted by molar-refractivity contribution is -0.132. The van der Waals surface area contributed by atoms with E-state index >= 15 is 0 Å². The minimum Gasteiger partial charge on any atom is -0.336 e. The smallest absolute Gasteiger partial charge is 0.323 e. The third-order valence-corrected chi connectivity index (χ3v) is 5.62. The number of likely N-dealkylation sites (N-methyl/N-ethyl adjacent to an activating group) is 1. The molecule has 1 aromatic carbocycles. The van der Waals surface area contributed by atoms with Crippen molar-refractivity contribution in [3.05, 3.63) is 39.9 Å². The molecule has 154 valence electrons. The molecule has 9 heteroatoms. The zero-order chi connectivity index (χ0) is 21.1. The Kier molecular flexibility index (Phi) is 6.17. The van der Waals surface area contributed by atoms with E-state index in [0.29, 0.717) is 23.9 Å². The molecule has 0 aliphatic carbocycles. The van der Waals surface area contributed by atoms with Crippen LogP contribution in [-0.2, 0) is 16.0 Å². The fourth-order valence-electron chi connectivity index (χ4n) is 3.31. The van der Waals surface area contributed by atoms with Crippen LogP contribution >= 0.6 is 11.3 Å². The second-order valence-corrected chi connectivity index (χ2v) is 8.09. The predicted molar refractivity (Wildman–Crippen MR) is 113 cm³/mol. The van der Waals surface area contributed by atoms with E-state index in [2.05, 4.69) is 15.6 Å². The van der Waals surface area contributed by atoms with Crippen LogP contribution < -0.4 is 15.5 Å². The highest BCUT2D eigenvalue weighted by molar-refractivity contribution is 7.14. The lowest BCUT2D eigenvalue weighted by Crippen LogP contribution is -2.36. The van der Waals surface area contributed by atoms with Crippen molar-refractivity contribution >= 4 is 40.0 Å². The highest BCUT2D eigenvalue weighted by atomic mass is 32.1. The molecule has 1 saturated heterocycles. The number of benzene rings is 1. The molecule has 2 heterocycles. The number of anilines is 2. The van der Waals surface area contributed by atoms with Crippen molar-refractivity contribution in [1.82, 2.24) is 15.2 Å². The molecular formula is C20H25N5O3S. The van der Waals surface area contributed by atoms with E-state index in [1.165, 1.54) is 16.2 Å². The lowest BCUT2D eigenvalue weighted by Gasteiger charge is -2.18. The van der Waals surface area contributed by atoms with Crippen LogP contribution in [0, 0.1) is 20.8 Å². The fraction of sp³-hybridized carbons (Fsp3) is 0.400. The summed E-state index contributed by atoms with van der Waals surface area (Å²) < 4.78 is 0. The Labute approximate surface area is 173 Å². The minimum absolute atomic E-state index is 0.0445. The van der Waals surface area contributed by atoms with Crippen LogP contribution in [0.5, 0.6) is 0 Å². The Morgan fingerprint density at radius 3 is 2.59 bits per heavy atom. The predicted octanol–water partition coefficient (Wildman–Crippen LogP) is 2.24. The molecule has 0 radical (unpaired) electrons. The summed E-state index contributed by atoms with van der Waals surface area (Å²) in [7, 11) is 1.60. The van der Waals surface area contributed by atoms with Gasteiger partial charge in [-0.05, 0) is 31.9 Å². The maximum atomic E-state index is 12.5. The van der Waals surface area contributed by atoms with Gasteiger partial charge in [-0.25, -0.2) is 9.78 Å². The van der Waals surface area contributed by atoms with Crippen molar-refractivity contribution in [1.29, 1.82) is 0 Å². The number of amides is 4. The van der Waals surface area contributed by atoms with Crippen molar-refractivity contribution in [2.75, 3.05) is 36.9 Å². The molecule has 0 atom stereocenters. The highest BCUT2D eigenvalue weighted by Gasteiger charge is 2.24. The Morgan fingerprint density at radius 2 is 1.97 bits per heavy atom. The molecule has 8 nitrogen and oxygen atoms in total. The molecule has 3 rings (SSSR count). The third kappa shape index (κ3) is 4.92. The monoisotopic (exact) mass is 415 g/mol. The highest BCUT2D eigenvalue weighted by Crippen LogP contribution is 2.23. The number of thiazole rings is 1. The summed E-state index contributed by atoms with van der Waals surface area (Å²) in [4.78, 5) is 43.9. The van der Waals surface area contributed by atoms with Gasteiger partial charge in [0, 0.05) is 31.2 Å². The average molecular weight is 416 g/mol. The lowest BCUT2D eigenvalue weighted by atomic mass is 10.1. The summed E-state index contributed by atoms with van der Waals surface area (Å²) in [6.07, 6.45) is 0.0817. The summed E-state index contributed by atoms with van der Waals surface area (Å²) >= 11 is 1.33. The molecule has 1 aromatic heterocycles. The summed E-state index contributed by atoms with van der Waals surface area (Å²) in [6.45, 7) is 7.02. The minimum atomic E-state index is -0.247. The van der Waals surface area contributed by atoms with Crippen LogP contribution in [-0.4, -0.2) is 54.4 Å². The topological polar surface area (TPSA) is 94.6 Å². The number of nitrogens with zero attached hydrogens (tertiary/aromatic N) is 3. The van der Waals surface area contributed by atoms with Gasteiger partial charge in [0.25, 0.3) is 0 Å². The van der Waals surface area contributed by atoms with Crippen LogP contribution in [0.15, 0.2) is 17.5 Å². The van der Waals surface area contributed by atoms with Crippen LogP contribution in [0.4, 0.5) is 15.6 Å². The van der Waals surface area contributed by atoms with E-state index in [1.807, 2.05) is 32.9 Å². The molecule has 0 unspecified atom stereocenters. The quantitative estimate of drug-likeness (QED) is 0.756. The first-order valence-corrected chi connectivity index (χ1v) is 10.2. The van der Waals surface area contributed by atoms with Crippen LogP contribution in [0.25, 0.3) is 0 Å². The van der Waals surface area contributed by atoms with Gasteiger partial charge in [0.15, 0.2) is 5.13 Å². The molecule has 2 aromatic rings. The third-order valence-electron chi connectivity index (χ3n) is 4.71. The molecule has 2 N–H and O–H groups in total.